The Balaban J connectivity index is 1.46. The van der Waals surface area contributed by atoms with Crippen LogP contribution in [0.1, 0.15) is 31.2 Å². The van der Waals surface area contributed by atoms with Crippen LogP contribution in [0.2, 0.25) is 5.02 Å². The first-order chi connectivity index (χ1) is 15.1. The van der Waals surface area contributed by atoms with Crippen LogP contribution in [0.3, 0.4) is 0 Å². The smallest absolute Gasteiger partial charge is 0.224 e. The Kier molecular flexibility index (Phi) is 8.80. The highest BCUT2D eigenvalue weighted by Crippen LogP contribution is 2.28. The van der Waals surface area contributed by atoms with Gasteiger partial charge in [-0.1, -0.05) is 42.0 Å². The molecule has 0 radical (unpaired) electrons. The third-order valence-corrected chi connectivity index (χ3v) is 5.85. The van der Waals surface area contributed by atoms with E-state index in [0.717, 1.165) is 43.8 Å². The van der Waals surface area contributed by atoms with Gasteiger partial charge in [-0.05, 0) is 56.0 Å². The number of piperidine rings is 1. The lowest BCUT2D eigenvalue weighted by Crippen LogP contribution is -2.35. The summed E-state index contributed by atoms with van der Waals surface area (Å²) in [6.07, 6.45) is 8.01. The zero-order valence-electron chi connectivity index (χ0n) is 18.3. The number of ether oxygens (including phenoxy) is 2. The van der Waals surface area contributed by atoms with Gasteiger partial charge in [-0.25, -0.2) is 0 Å². The molecule has 1 heterocycles. The molecule has 0 aromatic heterocycles. The first-order valence-electron chi connectivity index (χ1n) is 10.7. The third kappa shape index (κ3) is 7.01. The van der Waals surface area contributed by atoms with Crippen LogP contribution in [0.25, 0.3) is 6.08 Å². The fourth-order valence-electron chi connectivity index (χ4n) is 4.01. The standard InChI is InChI=1S/C25H31ClN2O3/c1-30-23-10-4-3-8-20(23)9-6-16-28-15-5-7-19(18-28)11-14-25(29)27-22-17-21(26)12-13-24(22)31-2/h3-4,6,8-10,12-13,17,19H,5,7,11,14-16,18H2,1-2H3,(H,27,29)/b9-6+/t19-/m0/s1. The van der Waals surface area contributed by atoms with Gasteiger partial charge in [0.15, 0.2) is 0 Å². The van der Waals surface area contributed by atoms with Crippen LogP contribution < -0.4 is 14.8 Å². The Morgan fingerprint density at radius 2 is 2.00 bits per heavy atom. The van der Waals surface area contributed by atoms with Crippen molar-refractivity contribution in [3.63, 3.8) is 0 Å². The maximum atomic E-state index is 12.5. The molecule has 5 nitrogen and oxygen atoms in total. The Labute approximate surface area is 190 Å². The number of benzene rings is 2. The van der Waals surface area contributed by atoms with Gasteiger partial charge in [0.2, 0.25) is 5.91 Å². The van der Waals surface area contributed by atoms with Crippen LogP contribution in [0.4, 0.5) is 5.69 Å². The lowest BCUT2D eigenvalue weighted by molar-refractivity contribution is -0.116. The third-order valence-electron chi connectivity index (χ3n) is 5.62. The maximum absolute atomic E-state index is 12.5. The summed E-state index contributed by atoms with van der Waals surface area (Å²) >= 11 is 6.04. The fourth-order valence-corrected chi connectivity index (χ4v) is 4.18. The summed E-state index contributed by atoms with van der Waals surface area (Å²) in [5.74, 6) is 2.02. The molecule has 1 aliphatic heterocycles. The summed E-state index contributed by atoms with van der Waals surface area (Å²) in [5, 5.41) is 3.50. The molecule has 2 aromatic rings. The van der Waals surface area contributed by atoms with Crippen molar-refractivity contribution in [2.24, 2.45) is 5.92 Å². The Morgan fingerprint density at radius 3 is 2.81 bits per heavy atom. The van der Waals surface area contributed by atoms with Gasteiger partial charge in [-0.2, -0.15) is 0 Å². The number of hydrogen-bond donors (Lipinski definition) is 1. The van der Waals surface area contributed by atoms with Crippen LogP contribution in [0, 0.1) is 5.92 Å². The van der Waals surface area contributed by atoms with E-state index < -0.39 is 0 Å². The van der Waals surface area contributed by atoms with E-state index in [-0.39, 0.29) is 5.91 Å². The largest absolute Gasteiger partial charge is 0.496 e. The van der Waals surface area contributed by atoms with Gasteiger partial charge in [0.05, 0.1) is 19.9 Å². The van der Waals surface area contributed by atoms with Gasteiger partial charge in [-0.15, -0.1) is 0 Å². The molecule has 1 amide bonds. The van der Waals surface area contributed by atoms with Crippen LogP contribution in [0.5, 0.6) is 11.5 Å². The molecule has 0 unspecified atom stereocenters. The molecule has 166 valence electrons. The van der Waals surface area contributed by atoms with Crippen molar-refractivity contribution in [3.8, 4) is 11.5 Å². The number of anilines is 1. The van der Waals surface area contributed by atoms with Crippen molar-refractivity contribution in [1.29, 1.82) is 0 Å². The van der Waals surface area contributed by atoms with E-state index in [9.17, 15) is 4.79 Å². The van der Waals surface area contributed by atoms with Crippen LogP contribution in [0.15, 0.2) is 48.5 Å². The molecule has 31 heavy (non-hydrogen) atoms. The molecule has 1 aliphatic rings. The first-order valence-corrected chi connectivity index (χ1v) is 11.1. The number of carbonyl (C=O) groups excluding carboxylic acids is 1. The number of methoxy groups -OCH3 is 2. The van der Waals surface area contributed by atoms with Crippen LogP contribution in [-0.2, 0) is 4.79 Å². The van der Waals surface area contributed by atoms with E-state index in [1.807, 2.05) is 18.2 Å². The molecule has 1 N–H and O–H groups in total. The van der Waals surface area contributed by atoms with Gasteiger partial charge in [0.25, 0.3) is 0 Å². The van der Waals surface area contributed by atoms with E-state index in [4.69, 9.17) is 21.1 Å². The maximum Gasteiger partial charge on any atom is 0.224 e. The SMILES string of the molecule is COc1ccccc1/C=C/CN1CCC[C@@H](CCC(=O)Nc2cc(Cl)ccc2OC)C1. The number of hydrogen-bond acceptors (Lipinski definition) is 4. The average molecular weight is 443 g/mol. The number of halogens is 1. The van der Waals surface area contributed by atoms with E-state index in [1.165, 1.54) is 6.42 Å². The summed E-state index contributed by atoms with van der Waals surface area (Å²) in [5.41, 5.74) is 1.71. The summed E-state index contributed by atoms with van der Waals surface area (Å²) in [6.45, 7) is 3.02. The molecule has 1 atom stereocenters. The molecule has 1 fully saturated rings. The molecule has 0 aliphatic carbocycles. The van der Waals surface area contributed by atoms with E-state index in [0.29, 0.717) is 28.8 Å². The predicted octanol–water partition coefficient (Wildman–Crippen LogP) is 5.50. The Bertz CT molecular complexity index is 900. The summed E-state index contributed by atoms with van der Waals surface area (Å²) in [7, 11) is 3.28. The van der Waals surface area contributed by atoms with Crippen molar-refractivity contribution in [3.05, 3.63) is 59.1 Å². The van der Waals surface area contributed by atoms with Crippen molar-refractivity contribution in [1.82, 2.24) is 4.90 Å². The van der Waals surface area contributed by atoms with Crippen molar-refractivity contribution < 1.29 is 14.3 Å². The lowest BCUT2D eigenvalue weighted by Gasteiger charge is -2.32. The van der Waals surface area contributed by atoms with Crippen LogP contribution in [-0.4, -0.2) is 44.7 Å². The number of rotatable bonds is 9. The van der Waals surface area contributed by atoms with E-state index >= 15 is 0 Å². The minimum absolute atomic E-state index is 0.00578. The molecular formula is C25H31ClN2O3. The van der Waals surface area contributed by atoms with Crippen molar-refractivity contribution in [2.45, 2.75) is 25.7 Å². The number of carbonyl (C=O) groups is 1. The highest BCUT2D eigenvalue weighted by molar-refractivity contribution is 6.31. The minimum Gasteiger partial charge on any atom is -0.496 e. The highest BCUT2D eigenvalue weighted by Gasteiger charge is 2.20. The van der Waals surface area contributed by atoms with Gasteiger partial charge >= 0.3 is 0 Å². The second kappa shape index (κ2) is 11.8. The molecule has 0 spiro atoms. The van der Waals surface area contributed by atoms with Gasteiger partial charge in [-0.3, -0.25) is 9.69 Å². The fraction of sp³-hybridized carbons (Fsp3) is 0.400. The van der Waals surface area contributed by atoms with Gasteiger partial charge in [0, 0.05) is 30.1 Å². The monoisotopic (exact) mass is 442 g/mol. The molecule has 2 aromatic carbocycles. The van der Waals surface area contributed by atoms with Gasteiger partial charge in [0.1, 0.15) is 11.5 Å². The number of nitrogens with one attached hydrogen (secondary N) is 1. The number of nitrogens with zero attached hydrogens (tertiary/aromatic N) is 1. The number of likely N-dealkylation sites (tertiary alicyclic amines) is 1. The summed E-state index contributed by atoms with van der Waals surface area (Å²) in [4.78, 5) is 14.9. The zero-order valence-corrected chi connectivity index (χ0v) is 19.0. The number of amides is 1. The zero-order chi connectivity index (χ0) is 22.1. The normalized spacial score (nSPS) is 16.9. The van der Waals surface area contributed by atoms with Gasteiger partial charge < -0.3 is 14.8 Å². The second-order valence-electron chi connectivity index (χ2n) is 7.84. The number of para-hydroxylation sites is 1. The summed E-state index contributed by atoms with van der Waals surface area (Å²) in [6, 6.07) is 13.2. The van der Waals surface area contributed by atoms with E-state index in [1.54, 1.807) is 32.4 Å². The predicted molar refractivity (Wildman–Crippen MR) is 127 cm³/mol. The second-order valence-corrected chi connectivity index (χ2v) is 8.28. The molecule has 1 saturated heterocycles. The molecular weight excluding hydrogens is 412 g/mol. The molecule has 0 saturated carbocycles. The molecule has 0 bridgehead atoms. The Morgan fingerprint density at radius 1 is 1.19 bits per heavy atom. The van der Waals surface area contributed by atoms with Crippen molar-refractivity contribution >= 4 is 29.3 Å². The van der Waals surface area contributed by atoms with Crippen LogP contribution >= 0.6 is 11.6 Å². The Hall–Kier alpha value is -2.50. The highest BCUT2D eigenvalue weighted by atomic mass is 35.5. The molecule has 6 heteroatoms. The summed E-state index contributed by atoms with van der Waals surface area (Å²) < 4.78 is 10.7. The average Bonchev–Trinajstić information content (AvgIpc) is 2.78. The van der Waals surface area contributed by atoms with Crippen molar-refractivity contribution in [2.75, 3.05) is 39.2 Å². The first kappa shape index (κ1) is 23.2. The van der Waals surface area contributed by atoms with E-state index in [2.05, 4.69) is 28.4 Å². The topological polar surface area (TPSA) is 50.8 Å². The lowest BCUT2D eigenvalue weighted by atomic mass is 9.93. The molecule has 3 rings (SSSR count). The quantitative estimate of drug-likeness (QED) is 0.557. The minimum atomic E-state index is -0.00578.